The number of rotatable bonds is 3. The highest BCUT2D eigenvalue weighted by Gasteiger charge is 2.38. The maximum atomic E-state index is 4.75. The summed E-state index contributed by atoms with van der Waals surface area (Å²) in [6.45, 7) is 3.34. The van der Waals surface area contributed by atoms with E-state index in [2.05, 4.69) is 58.7 Å². The molecule has 0 saturated carbocycles. The molecule has 0 aliphatic carbocycles. The van der Waals surface area contributed by atoms with E-state index in [9.17, 15) is 0 Å². The van der Waals surface area contributed by atoms with Crippen LogP contribution in [0.25, 0.3) is 11.4 Å². The number of aromatic nitrogens is 2. The van der Waals surface area contributed by atoms with Gasteiger partial charge in [0.25, 0.3) is 0 Å². The van der Waals surface area contributed by atoms with Gasteiger partial charge in [0.1, 0.15) is 0 Å². The van der Waals surface area contributed by atoms with E-state index < -0.39 is 0 Å². The van der Waals surface area contributed by atoms with Crippen LogP contribution in [0.5, 0.6) is 0 Å². The van der Waals surface area contributed by atoms with Crippen LogP contribution in [0, 0.1) is 5.92 Å². The molecule has 0 bridgehead atoms. The molecule has 3 aromatic rings. The quantitative estimate of drug-likeness (QED) is 0.718. The van der Waals surface area contributed by atoms with Crippen molar-refractivity contribution in [1.82, 2.24) is 9.36 Å². The number of benzene rings is 2. The molecule has 1 saturated heterocycles. The SMILES string of the molecule is CC1CN(c2nc(-c3ccccc3)ns2)C1c1ccccc1. The second kappa shape index (κ2) is 5.54. The minimum Gasteiger partial charge on any atom is -0.339 e. The predicted molar refractivity (Wildman–Crippen MR) is 91.0 cm³/mol. The van der Waals surface area contributed by atoms with Crippen molar-refractivity contribution in [3.63, 3.8) is 0 Å². The van der Waals surface area contributed by atoms with Crippen LogP contribution in [0.15, 0.2) is 60.7 Å². The molecule has 1 aliphatic heterocycles. The van der Waals surface area contributed by atoms with Crippen LogP contribution in [0.1, 0.15) is 18.5 Å². The van der Waals surface area contributed by atoms with Gasteiger partial charge in [-0.15, -0.1) is 0 Å². The molecular formula is C18H17N3S. The number of nitrogens with zero attached hydrogens (tertiary/aromatic N) is 3. The Morgan fingerprint density at radius 3 is 2.36 bits per heavy atom. The first-order valence-electron chi connectivity index (χ1n) is 7.53. The third-order valence-electron chi connectivity index (χ3n) is 4.19. The molecule has 2 heterocycles. The fraction of sp³-hybridized carbons (Fsp3) is 0.222. The van der Waals surface area contributed by atoms with Gasteiger partial charge in [0, 0.05) is 23.6 Å². The molecule has 1 aliphatic rings. The van der Waals surface area contributed by atoms with Crippen LogP contribution in [0.4, 0.5) is 5.13 Å². The average Bonchev–Trinajstić information content (AvgIpc) is 3.03. The minimum atomic E-state index is 0.415. The lowest BCUT2D eigenvalue weighted by Crippen LogP contribution is -2.48. The van der Waals surface area contributed by atoms with Crippen molar-refractivity contribution in [2.24, 2.45) is 5.92 Å². The molecule has 2 atom stereocenters. The number of anilines is 1. The molecule has 0 spiro atoms. The molecule has 2 unspecified atom stereocenters. The van der Waals surface area contributed by atoms with Crippen LogP contribution in [0.2, 0.25) is 0 Å². The number of hydrogen-bond acceptors (Lipinski definition) is 4. The molecule has 2 aromatic carbocycles. The summed E-state index contributed by atoms with van der Waals surface area (Å²) in [4.78, 5) is 7.11. The van der Waals surface area contributed by atoms with Crippen molar-refractivity contribution in [3.05, 3.63) is 66.2 Å². The van der Waals surface area contributed by atoms with E-state index in [1.807, 2.05) is 18.2 Å². The van der Waals surface area contributed by atoms with Gasteiger partial charge >= 0.3 is 0 Å². The van der Waals surface area contributed by atoms with E-state index in [-0.39, 0.29) is 0 Å². The van der Waals surface area contributed by atoms with Gasteiger partial charge in [0.05, 0.1) is 6.04 Å². The molecule has 0 amide bonds. The maximum absolute atomic E-state index is 4.75. The lowest BCUT2D eigenvalue weighted by Gasteiger charge is -2.46. The Morgan fingerprint density at radius 2 is 1.68 bits per heavy atom. The van der Waals surface area contributed by atoms with Crippen molar-refractivity contribution in [1.29, 1.82) is 0 Å². The topological polar surface area (TPSA) is 29.0 Å². The first-order chi connectivity index (χ1) is 10.8. The zero-order valence-electron chi connectivity index (χ0n) is 12.4. The van der Waals surface area contributed by atoms with E-state index in [0.717, 1.165) is 23.1 Å². The Labute approximate surface area is 134 Å². The second-order valence-corrected chi connectivity index (χ2v) is 6.48. The molecule has 4 heteroatoms. The zero-order chi connectivity index (χ0) is 14.9. The molecule has 110 valence electrons. The van der Waals surface area contributed by atoms with Crippen molar-refractivity contribution < 1.29 is 0 Å². The normalized spacial score (nSPS) is 20.7. The smallest absolute Gasteiger partial charge is 0.206 e. The highest BCUT2D eigenvalue weighted by Crippen LogP contribution is 2.42. The molecular weight excluding hydrogens is 290 g/mol. The van der Waals surface area contributed by atoms with Gasteiger partial charge in [0.15, 0.2) is 5.82 Å². The summed E-state index contributed by atoms with van der Waals surface area (Å²) < 4.78 is 4.53. The summed E-state index contributed by atoms with van der Waals surface area (Å²) in [5.74, 6) is 1.47. The third kappa shape index (κ3) is 2.29. The molecule has 0 radical (unpaired) electrons. The van der Waals surface area contributed by atoms with Gasteiger partial charge in [-0.25, -0.2) is 0 Å². The van der Waals surface area contributed by atoms with E-state index >= 15 is 0 Å². The Kier molecular flexibility index (Phi) is 3.39. The Balaban J connectivity index is 1.62. The van der Waals surface area contributed by atoms with Crippen LogP contribution < -0.4 is 4.90 Å². The van der Waals surface area contributed by atoms with Crippen LogP contribution >= 0.6 is 11.5 Å². The van der Waals surface area contributed by atoms with E-state index in [1.165, 1.54) is 17.1 Å². The summed E-state index contributed by atoms with van der Waals surface area (Å²) in [7, 11) is 0. The van der Waals surface area contributed by atoms with Crippen molar-refractivity contribution in [3.8, 4) is 11.4 Å². The van der Waals surface area contributed by atoms with Gasteiger partial charge in [0.2, 0.25) is 5.13 Å². The largest absolute Gasteiger partial charge is 0.339 e. The lowest BCUT2D eigenvalue weighted by atomic mass is 9.85. The zero-order valence-corrected chi connectivity index (χ0v) is 13.2. The Morgan fingerprint density at radius 1 is 1.00 bits per heavy atom. The van der Waals surface area contributed by atoms with E-state index in [0.29, 0.717) is 12.0 Å². The first-order valence-corrected chi connectivity index (χ1v) is 8.31. The highest BCUT2D eigenvalue weighted by atomic mass is 32.1. The van der Waals surface area contributed by atoms with Gasteiger partial charge < -0.3 is 4.90 Å². The Bertz CT molecular complexity index is 754. The standard InChI is InChI=1S/C18H17N3S/c1-13-12-21(16(13)14-8-4-2-5-9-14)18-19-17(20-22-18)15-10-6-3-7-11-15/h2-11,13,16H,12H2,1H3. The minimum absolute atomic E-state index is 0.415. The molecule has 4 rings (SSSR count). The molecule has 1 aromatic heterocycles. The predicted octanol–water partition coefficient (Wildman–Crippen LogP) is 4.40. The molecule has 3 nitrogen and oxygen atoms in total. The summed E-state index contributed by atoms with van der Waals surface area (Å²) in [6, 6.07) is 21.3. The van der Waals surface area contributed by atoms with Gasteiger partial charge in [-0.1, -0.05) is 67.6 Å². The maximum Gasteiger partial charge on any atom is 0.206 e. The van der Waals surface area contributed by atoms with E-state index in [4.69, 9.17) is 4.98 Å². The molecule has 22 heavy (non-hydrogen) atoms. The van der Waals surface area contributed by atoms with Crippen LogP contribution in [0.3, 0.4) is 0 Å². The summed E-state index contributed by atoms with van der Waals surface area (Å²) in [5.41, 5.74) is 2.44. The van der Waals surface area contributed by atoms with Gasteiger partial charge in [-0.2, -0.15) is 9.36 Å². The van der Waals surface area contributed by atoms with Gasteiger partial charge in [-0.3, -0.25) is 0 Å². The molecule has 0 N–H and O–H groups in total. The summed E-state index contributed by atoms with van der Waals surface area (Å²) >= 11 is 1.49. The lowest BCUT2D eigenvalue weighted by molar-refractivity contribution is 0.324. The highest BCUT2D eigenvalue weighted by molar-refractivity contribution is 7.09. The third-order valence-corrected chi connectivity index (χ3v) is 4.95. The van der Waals surface area contributed by atoms with Crippen molar-refractivity contribution >= 4 is 16.7 Å². The monoisotopic (exact) mass is 307 g/mol. The van der Waals surface area contributed by atoms with E-state index in [1.54, 1.807) is 0 Å². The fourth-order valence-electron chi connectivity index (χ4n) is 3.09. The fourth-order valence-corrected chi connectivity index (χ4v) is 3.82. The average molecular weight is 307 g/mol. The summed E-state index contributed by atoms with van der Waals surface area (Å²) in [6.07, 6.45) is 0. The second-order valence-electron chi connectivity index (χ2n) is 5.75. The van der Waals surface area contributed by atoms with Crippen LogP contribution in [-0.4, -0.2) is 15.9 Å². The number of hydrogen-bond donors (Lipinski definition) is 0. The van der Waals surface area contributed by atoms with Gasteiger partial charge in [-0.05, 0) is 11.5 Å². The van der Waals surface area contributed by atoms with Crippen molar-refractivity contribution in [2.75, 3.05) is 11.4 Å². The Hall–Kier alpha value is -2.20. The summed E-state index contributed by atoms with van der Waals surface area (Å²) in [5, 5.41) is 1.02. The van der Waals surface area contributed by atoms with Crippen LogP contribution in [-0.2, 0) is 0 Å². The molecule has 1 fully saturated rings. The van der Waals surface area contributed by atoms with Crippen molar-refractivity contribution in [2.45, 2.75) is 13.0 Å². The first kappa shape index (κ1) is 13.5.